The average molecular weight is 258 g/mol. The molecule has 90 valence electrons. The summed E-state index contributed by atoms with van der Waals surface area (Å²) in [5.74, 6) is 0.545. The third-order valence-corrected chi connectivity index (χ3v) is 3.31. The van der Waals surface area contributed by atoms with Crippen LogP contribution in [-0.4, -0.2) is 4.98 Å². The van der Waals surface area contributed by atoms with Crippen molar-refractivity contribution in [1.29, 1.82) is 0 Å². The number of halogens is 1. The van der Waals surface area contributed by atoms with E-state index in [0.717, 1.165) is 22.2 Å². The zero-order valence-corrected chi connectivity index (χ0v) is 10.7. The Labute approximate surface area is 110 Å². The maximum absolute atomic E-state index is 6.39. The SMILES string of the molecule is Cc1ccc2oc(C(Cl)c3ccccc3)nc2c1. The van der Waals surface area contributed by atoms with Crippen LogP contribution in [-0.2, 0) is 0 Å². The first kappa shape index (κ1) is 11.3. The fourth-order valence-electron chi connectivity index (χ4n) is 1.93. The topological polar surface area (TPSA) is 26.0 Å². The predicted molar refractivity (Wildman–Crippen MR) is 72.9 cm³/mol. The van der Waals surface area contributed by atoms with E-state index in [2.05, 4.69) is 4.98 Å². The summed E-state index contributed by atoms with van der Waals surface area (Å²) in [6.07, 6.45) is 0. The van der Waals surface area contributed by atoms with E-state index in [1.165, 1.54) is 0 Å². The second-order valence-electron chi connectivity index (χ2n) is 4.30. The fraction of sp³-hybridized carbons (Fsp3) is 0.133. The molecule has 2 aromatic carbocycles. The monoisotopic (exact) mass is 257 g/mol. The van der Waals surface area contributed by atoms with Crippen LogP contribution in [0.3, 0.4) is 0 Å². The van der Waals surface area contributed by atoms with Crippen molar-refractivity contribution in [2.75, 3.05) is 0 Å². The minimum atomic E-state index is -0.348. The van der Waals surface area contributed by atoms with E-state index in [9.17, 15) is 0 Å². The largest absolute Gasteiger partial charge is 0.439 e. The lowest BCUT2D eigenvalue weighted by Gasteiger charge is -2.04. The first-order valence-corrected chi connectivity index (χ1v) is 6.24. The van der Waals surface area contributed by atoms with Gasteiger partial charge in [-0.3, -0.25) is 0 Å². The number of benzene rings is 2. The second kappa shape index (κ2) is 4.46. The van der Waals surface area contributed by atoms with Gasteiger partial charge in [-0.15, -0.1) is 11.6 Å². The van der Waals surface area contributed by atoms with E-state index >= 15 is 0 Å². The molecule has 3 heteroatoms. The van der Waals surface area contributed by atoms with Gasteiger partial charge in [0.1, 0.15) is 10.9 Å². The molecule has 0 amide bonds. The average Bonchev–Trinajstić information content (AvgIpc) is 2.81. The van der Waals surface area contributed by atoms with Crippen LogP contribution >= 0.6 is 11.6 Å². The quantitative estimate of drug-likeness (QED) is 0.634. The third-order valence-electron chi connectivity index (χ3n) is 2.87. The Kier molecular flexibility index (Phi) is 2.80. The van der Waals surface area contributed by atoms with Gasteiger partial charge < -0.3 is 4.42 Å². The second-order valence-corrected chi connectivity index (χ2v) is 4.73. The van der Waals surface area contributed by atoms with Gasteiger partial charge in [0.25, 0.3) is 0 Å². The highest BCUT2D eigenvalue weighted by molar-refractivity contribution is 6.22. The van der Waals surface area contributed by atoms with Crippen LogP contribution in [0.4, 0.5) is 0 Å². The molecule has 0 fully saturated rings. The maximum Gasteiger partial charge on any atom is 0.218 e. The summed E-state index contributed by atoms with van der Waals surface area (Å²) in [6.45, 7) is 2.03. The van der Waals surface area contributed by atoms with Crippen molar-refractivity contribution in [3.8, 4) is 0 Å². The van der Waals surface area contributed by atoms with Crippen molar-refractivity contribution >= 4 is 22.7 Å². The molecule has 3 aromatic rings. The molecule has 0 saturated heterocycles. The van der Waals surface area contributed by atoms with Crippen molar-refractivity contribution in [2.24, 2.45) is 0 Å². The number of hydrogen-bond donors (Lipinski definition) is 0. The van der Waals surface area contributed by atoms with Crippen molar-refractivity contribution in [3.05, 3.63) is 65.5 Å². The van der Waals surface area contributed by atoms with E-state index in [-0.39, 0.29) is 5.38 Å². The Bertz CT molecular complexity index is 675. The summed E-state index contributed by atoms with van der Waals surface area (Å²) in [6, 6.07) is 15.7. The number of nitrogens with zero attached hydrogens (tertiary/aromatic N) is 1. The van der Waals surface area contributed by atoms with Gasteiger partial charge in [-0.25, -0.2) is 4.98 Å². The molecule has 0 radical (unpaired) electrons. The lowest BCUT2D eigenvalue weighted by Crippen LogP contribution is -1.92. The molecule has 0 bridgehead atoms. The molecule has 0 N–H and O–H groups in total. The number of oxazole rings is 1. The number of hydrogen-bond acceptors (Lipinski definition) is 2. The van der Waals surface area contributed by atoms with Crippen LogP contribution in [0, 0.1) is 6.92 Å². The molecule has 1 atom stereocenters. The van der Waals surface area contributed by atoms with E-state index < -0.39 is 0 Å². The molecule has 2 nitrogen and oxygen atoms in total. The van der Waals surface area contributed by atoms with Gasteiger partial charge in [0.15, 0.2) is 5.58 Å². The first-order valence-electron chi connectivity index (χ1n) is 5.80. The van der Waals surface area contributed by atoms with Gasteiger partial charge in [-0.1, -0.05) is 36.4 Å². The smallest absolute Gasteiger partial charge is 0.218 e. The van der Waals surface area contributed by atoms with Gasteiger partial charge in [-0.05, 0) is 30.2 Å². The Morgan fingerprint density at radius 2 is 1.89 bits per heavy atom. The van der Waals surface area contributed by atoms with Crippen LogP contribution < -0.4 is 0 Å². The summed E-state index contributed by atoms with van der Waals surface area (Å²) < 4.78 is 5.70. The van der Waals surface area contributed by atoms with Crippen molar-refractivity contribution < 1.29 is 4.42 Å². The Morgan fingerprint density at radius 1 is 1.11 bits per heavy atom. The summed E-state index contributed by atoms with van der Waals surface area (Å²) in [5.41, 5.74) is 3.78. The summed E-state index contributed by atoms with van der Waals surface area (Å²) in [7, 11) is 0. The molecule has 0 saturated carbocycles. The van der Waals surface area contributed by atoms with E-state index in [0.29, 0.717) is 5.89 Å². The molecule has 3 rings (SSSR count). The highest BCUT2D eigenvalue weighted by Crippen LogP contribution is 2.30. The lowest BCUT2D eigenvalue weighted by molar-refractivity contribution is 0.538. The molecule has 18 heavy (non-hydrogen) atoms. The number of rotatable bonds is 2. The molecule has 1 aromatic heterocycles. The molecular weight excluding hydrogens is 246 g/mol. The number of aromatic nitrogens is 1. The van der Waals surface area contributed by atoms with E-state index in [1.54, 1.807) is 0 Å². The molecule has 0 aliphatic rings. The highest BCUT2D eigenvalue weighted by atomic mass is 35.5. The minimum Gasteiger partial charge on any atom is -0.439 e. The summed E-state index contributed by atoms with van der Waals surface area (Å²) >= 11 is 6.39. The maximum atomic E-state index is 6.39. The molecule has 0 spiro atoms. The van der Waals surface area contributed by atoms with Crippen LogP contribution in [0.2, 0.25) is 0 Å². The normalized spacial score (nSPS) is 12.8. The Morgan fingerprint density at radius 3 is 2.67 bits per heavy atom. The minimum absolute atomic E-state index is 0.348. The van der Waals surface area contributed by atoms with Crippen molar-refractivity contribution in [2.45, 2.75) is 12.3 Å². The molecule has 1 heterocycles. The number of fused-ring (bicyclic) bond motifs is 1. The van der Waals surface area contributed by atoms with E-state index in [1.807, 2.05) is 55.5 Å². The number of aryl methyl sites for hydroxylation is 1. The van der Waals surface area contributed by atoms with E-state index in [4.69, 9.17) is 16.0 Å². The van der Waals surface area contributed by atoms with Crippen molar-refractivity contribution in [1.82, 2.24) is 4.98 Å². The Balaban J connectivity index is 2.04. The first-order chi connectivity index (χ1) is 8.74. The molecular formula is C15H12ClNO. The van der Waals surface area contributed by atoms with Crippen LogP contribution in [0.25, 0.3) is 11.1 Å². The predicted octanol–water partition coefficient (Wildman–Crippen LogP) is 4.46. The van der Waals surface area contributed by atoms with Crippen LogP contribution in [0.15, 0.2) is 52.9 Å². The lowest BCUT2D eigenvalue weighted by atomic mass is 10.1. The highest BCUT2D eigenvalue weighted by Gasteiger charge is 2.17. The molecule has 0 aliphatic carbocycles. The van der Waals surface area contributed by atoms with Gasteiger partial charge >= 0.3 is 0 Å². The van der Waals surface area contributed by atoms with Gasteiger partial charge in [-0.2, -0.15) is 0 Å². The van der Waals surface area contributed by atoms with Crippen LogP contribution in [0.5, 0.6) is 0 Å². The zero-order valence-electron chi connectivity index (χ0n) is 9.93. The molecule has 1 unspecified atom stereocenters. The molecule has 0 aliphatic heterocycles. The third kappa shape index (κ3) is 2.00. The van der Waals surface area contributed by atoms with Crippen molar-refractivity contribution in [3.63, 3.8) is 0 Å². The summed E-state index contributed by atoms with van der Waals surface area (Å²) in [5, 5.41) is -0.348. The van der Waals surface area contributed by atoms with Crippen LogP contribution in [0.1, 0.15) is 22.4 Å². The number of alkyl halides is 1. The summed E-state index contributed by atoms with van der Waals surface area (Å²) in [4.78, 5) is 4.45. The standard InChI is InChI=1S/C15H12ClNO/c1-10-7-8-13-12(9-10)17-15(18-13)14(16)11-5-3-2-4-6-11/h2-9,14H,1H3. The zero-order chi connectivity index (χ0) is 12.5. The van der Waals surface area contributed by atoms with Gasteiger partial charge in [0.05, 0.1) is 0 Å². The Hall–Kier alpha value is -1.80. The van der Waals surface area contributed by atoms with Gasteiger partial charge in [0, 0.05) is 0 Å². The fourth-order valence-corrected chi connectivity index (χ4v) is 2.17. The van der Waals surface area contributed by atoms with Gasteiger partial charge in [0.2, 0.25) is 5.89 Å².